The topological polar surface area (TPSA) is 54.0 Å². The molecule has 4 rings (SSSR count). The number of anilines is 1. The van der Waals surface area contributed by atoms with Crippen LogP contribution in [0.25, 0.3) is 20.8 Å². The monoisotopic (exact) mass is 487 g/mol. The largest absolute Gasteiger partial charge is 0.332 e. The molecule has 1 aromatic heterocycles. The molecule has 0 aliphatic carbocycles. The molecule has 1 heterocycles. The normalized spacial score (nSPS) is 12.0. The van der Waals surface area contributed by atoms with E-state index in [1.54, 1.807) is 11.3 Å². The lowest BCUT2D eigenvalue weighted by Crippen LogP contribution is -2.36. The number of nitrogens with zero attached hydrogens (tertiary/aromatic N) is 1. The average molecular weight is 488 g/mol. The first kappa shape index (κ1) is 24.0. The van der Waals surface area contributed by atoms with Gasteiger partial charge in [-0.1, -0.05) is 44.2 Å². The van der Waals surface area contributed by atoms with E-state index >= 15 is 0 Å². The van der Waals surface area contributed by atoms with Crippen molar-refractivity contribution >= 4 is 50.5 Å². The summed E-state index contributed by atoms with van der Waals surface area (Å²) >= 11 is 7.06. The van der Waals surface area contributed by atoms with Crippen molar-refractivity contribution in [1.82, 2.24) is 10.3 Å². The van der Waals surface area contributed by atoms with Gasteiger partial charge in [-0.2, -0.15) is 0 Å². The molecule has 0 bridgehead atoms. The Labute approximate surface area is 210 Å². The van der Waals surface area contributed by atoms with Gasteiger partial charge in [-0.25, -0.2) is 4.98 Å². The van der Waals surface area contributed by atoms with Crippen LogP contribution in [0.2, 0.25) is 0 Å². The number of carbonyl (C=O) groups is 1. The van der Waals surface area contributed by atoms with Crippen LogP contribution in [0.4, 0.5) is 5.69 Å². The maximum atomic E-state index is 12.7. The Hall–Kier alpha value is -3.09. The second kappa shape index (κ2) is 10.5. The van der Waals surface area contributed by atoms with E-state index in [2.05, 4.69) is 61.7 Å². The second-order valence-corrected chi connectivity index (χ2v) is 10.5. The third-order valence-corrected chi connectivity index (χ3v) is 6.96. The van der Waals surface area contributed by atoms with Crippen LogP contribution in [0.15, 0.2) is 66.7 Å². The van der Waals surface area contributed by atoms with Gasteiger partial charge in [0.1, 0.15) is 5.01 Å². The van der Waals surface area contributed by atoms with Crippen LogP contribution in [0.3, 0.4) is 0 Å². The van der Waals surface area contributed by atoms with Crippen LogP contribution in [-0.4, -0.2) is 16.0 Å². The van der Waals surface area contributed by atoms with Gasteiger partial charge < -0.3 is 10.6 Å². The van der Waals surface area contributed by atoms with Crippen LogP contribution in [-0.2, 0) is 11.2 Å². The lowest BCUT2D eigenvalue weighted by Gasteiger charge is -2.15. The van der Waals surface area contributed by atoms with Crippen LogP contribution in [0, 0.1) is 12.8 Å². The van der Waals surface area contributed by atoms with Crippen LogP contribution < -0.4 is 10.6 Å². The maximum Gasteiger partial charge on any atom is 0.233 e. The molecule has 4 aromatic rings. The molecule has 1 unspecified atom stereocenters. The number of thiazole rings is 1. The van der Waals surface area contributed by atoms with Crippen molar-refractivity contribution in [3.8, 4) is 10.6 Å². The van der Waals surface area contributed by atoms with Gasteiger partial charge >= 0.3 is 0 Å². The fourth-order valence-electron chi connectivity index (χ4n) is 3.80. The Balaban J connectivity index is 1.35. The fourth-order valence-corrected chi connectivity index (χ4v) is 5.09. The smallest absolute Gasteiger partial charge is 0.233 e. The standard InChI is InChI=1S/C28H29N3OS2/c1-17(2)15-20-6-8-21(9-7-20)19(4)26(32)31-28(33)29-23-12-10-22(11-13-23)27-30-24-14-5-18(3)16-25(24)34-27/h5-14,16-17,19H,15H2,1-4H3,(H2,29,31,32,33). The minimum Gasteiger partial charge on any atom is -0.332 e. The Morgan fingerprint density at radius 3 is 2.38 bits per heavy atom. The minimum absolute atomic E-state index is 0.129. The Kier molecular flexibility index (Phi) is 7.39. The number of nitrogens with one attached hydrogen (secondary N) is 2. The van der Waals surface area contributed by atoms with Crippen LogP contribution in [0.1, 0.15) is 43.4 Å². The van der Waals surface area contributed by atoms with Crippen molar-refractivity contribution in [1.29, 1.82) is 0 Å². The number of benzene rings is 3. The highest BCUT2D eigenvalue weighted by Crippen LogP contribution is 2.31. The van der Waals surface area contributed by atoms with Gasteiger partial charge in [0.25, 0.3) is 0 Å². The predicted octanol–water partition coefficient (Wildman–Crippen LogP) is 7.09. The molecule has 6 heteroatoms. The zero-order valence-electron chi connectivity index (χ0n) is 19.9. The lowest BCUT2D eigenvalue weighted by molar-refractivity contribution is -0.120. The first-order valence-electron chi connectivity index (χ1n) is 11.5. The summed E-state index contributed by atoms with van der Waals surface area (Å²) in [7, 11) is 0. The highest BCUT2D eigenvalue weighted by Gasteiger charge is 2.16. The molecule has 1 amide bonds. The molecule has 0 radical (unpaired) electrons. The molecule has 0 aliphatic rings. The summed E-state index contributed by atoms with van der Waals surface area (Å²) in [6.45, 7) is 8.38. The average Bonchev–Trinajstić information content (AvgIpc) is 3.22. The molecule has 4 nitrogen and oxygen atoms in total. The van der Waals surface area contributed by atoms with E-state index in [-0.39, 0.29) is 16.9 Å². The summed E-state index contributed by atoms with van der Waals surface area (Å²) < 4.78 is 1.18. The van der Waals surface area contributed by atoms with Gasteiger partial charge in [0, 0.05) is 11.3 Å². The van der Waals surface area contributed by atoms with E-state index in [0.29, 0.717) is 5.92 Å². The molecule has 0 saturated heterocycles. The molecule has 1 atom stereocenters. The summed E-state index contributed by atoms with van der Waals surface area (Å²) in [5.74, 6) is 0.183. The number of carbonyl (C=O) groups excluding carboxylic acids is 1. The van der Waals surface area contributed by atoms with E-state index in [4.69, 9.17) is 17.2 Å². The maximum absolute atomic E-state index is 12.7. The van der Waals surface area contributed by atoms with Gasteiger partial charge in [-0.15, -0.1) is 11.3 Å². The molecule has 0 spiro atoms. The summed E-state index contributed by atoms with van der Waals surface area (Å²) in [6, 6.07) is 22.5. The SMILES string of the molecule is Cc1ccc2nc(-c3ccc(NC(=S)NC(=O)C(C)c4ccc(CC(C)C)cc4)cc3)sc2c1. The number of hydrogen-bond donors (Lipinski definition) is 2. The van der Waals surface area contributed by atoms with Crippen molar-refractivity contribution in [2.45, 2.75) is 40.0 Å². The molecule has 0 fully saturated rings. The van der Waals surface area contributed by atoms with Crippen molar-refractivity contribution in [3.05, 3.63) is 83.4 Å². The summed E-state index contributed by atoms with van der Waals surface area (Å²) in [4.78, 5) is 17.4. The molecule has 0 aliphatic heterocycles. The van der Waals surface area contributed by atoms with Gasteiger partial charge in [0.05, 0.1) is 16.1 Å². The third-order valence-electron chi connectivity index (χ3n) is 5.69. The van der Waals surface area contributed by atoms with Gasteiger partial charge in [-0.3, -0.25) is 4.79 Å². The number of fused-ring (bicyclic) bond motifs is 1. The molecule has 34 heavy (non-hydrogen) atoms. The molecule has 0 saturated carbocycles. The first-order valence-corrected chi connectivity index (χ1v) is 12.7. The fraction of sp³-hybridized carbons (Fsp3) is 0.250. The van der Waals surface area contributed by atoms with E-state index in [1.807, 2.05) is 43.3 Å². The Morgan fingerprint density at radius 1 is 1.00 bits per heavy atom. The lowest BCUT2D eigenvalue weighted by atomic mass is 9.96. The number of rotatable bonds is 6. The van der Waals surface area contributed by atoms with Gasteiger partial charge in [0.15, 0.2) is 5.11 Å². The Morgan fingerprint density at radius 2 is 1.71 bits per heavy atom. The van der Waals surface area contributed by atoms with E-state index in [9.17, 15) is 4.79 Å². The zero-order valence-corrected chi connectivity index (χ0v) is 21.5. The van der Waals surface area contributed by atoms with Crippen LogP contribution in [0.5, 0.6) is 0 Å². The van der Waals surface area contributed by atoms with Crippen molar-refractivity contribution in [3.63, 3.8) is 0 Å². The summed E-state index contributed by atoms with van der Waals surface area (Å²) in [6.07, 6.45) is 1.03. The van der Waals surface area contributed by atoms with Gasteiger partial charge in [0.2, 0.25) is 5.91 Å². The molecular weight excluding hydrogens is 458 g/mol. The number of aromatic nitrogens is 1. The first-order chi connectivity index (χ1) is 16.3. The molecule has 174 valence electrons. The van der Waals surface area contributed by atoms with Crippen LogP contribution >= 0.6 is 23.6 Å². The van der Waals surface area contributed by atoms with Gasteiger partial charge in [-0.05, 0) is 91.5 Å². The highest BCUT2D eigenvalue weighted by atomic mass is 32.1. The van der Waals surface area contributed by atoms with Crippen molar-refractivity contribution < 1.29 is 4.79 Å². The number of aryl methyl sites for hydroxylation is 1. The molecule has 2 N–H and O–H groups in total. The molecular formula is C28H29N3OS2. The van der Waals surface area contributed by atoms with E-state index in [1.165, 1.54) is 15.8 Å². The van der Waals surface area contributed by atoms with E-state index in [0.717, 1.165) is 33.8 Å². The quantitative estimate of drug-likeness (QED) is 0.285. The predicted molar refractivity (Wildman–Crippen MR) is 148 cm³/mol. The Bertz CT molecular complexity index is 1310. The summed E-state index contributed by atoms with van der Waals surface area (Å²) in [5.41, 5.74) is 6.37. The minimum atomic E-state index is -0.294. The van der Waals surface area contributed by atoms with Crippen molar-refractivity contribution in [2.75, 3.05) is 5.32 Å². The third kappa shape index (κ3) is 5.88. The molecule has 3 aromatic carbocycles. The zero-order chi connectivity index (χ0) is 24.2. The highest BCUT2D eigenvalue weighted by molar-refractivity contribution is 7.80. The second-order valence-electron chi connectivity index (χ2n) is 9.07. The summed E-state index contributed by atoms with van der Waals surface area (Å²) in [5, 5.41) is 7.19. The van der Waals surface area contributed by atoms with Crippen molar-refractivity contribution in [2.24, 2.45) is 5.92 Å². The van der Waals surface area contributed by atoms with E-state index < -0.39 is 0 Å². The number of thiocarbonyl (C=S) groups is 1. The number of amides is 1. The number of hydrogen-bond acceptors (Lipinski definition) is 4.